The van der Waals surface area contributed by atoms with Crippen LogP contribution in [0.1, 0.15) is 134 Å². The number of epoxide rings is 12. The maximum Gasteiger partial charge on any atom is 0.342 e. The van der Waals surface area contributed by atoms with Gasteiger partial charge >= 0.3 is 29.8 Å². The molecule has 0 unspecified atom stereocenters. The van der Waals surface area contributed by atoms with Crippen molar-refractivity contribution in [3.05, 3.63) is 44.6 Å². The van der Waals surface area contributed by atoms with Gasteiger partial charge in [0.05, 0.1) is 36.1 Å². The van der Waals surface area contributed by atoms with Crippen LogP contribution in [0.15, 0.2) is 44.6 Å². The molecule has 12 saturated heterocycles. The van der Waals surface area contributed by atoms with Crippen molar-refractivity contribution >= 4 is 41.2 Å². The summed E-state index contributed by atoms with van der Waals surface area (Å²) in [6.07, 6.45) is -5.14. The van der Waals surface area contributed by atoms with E-state index in [1.54, 1.807) is 27.7 Å². The van der Waals surface area contributed by atoms with Gasteiger partial charge in [-0.05, 0) is 102 Å². The number of hydrogen-bond acceptors (Lipinski definition) is 25. The first-order chi connectivity index (χ1) is 52.0. The number of Topliss-reactive ketones (excluding diaryl/α,β-unsaturated/α-hetero) is 3. The normalized spacial score (nSPS) is 60.1. The molecule has 16 aliphatic heterocycles. The third kappa shape index (κ3) is 6.33. The molecular formula is C80H84F6O25. The highest BCUT2D eigenvalue weighted by Crippen LogP contribution is 2.90. The van der Waals surface area contributed by atoms with E-state index in [1.165, 1.54) is 0 Å². The lowest BCUT2D eigenvalue weighted by molar-refractivity contribution is -0.202. The number of esters is 4. The quantitative estimate of drug-likeness (QED) is 0.126. The Hall–Kier alpha value is -5.13. The molecule has 20 fully saturated rings. The predicted molar refractivity (Wildman–Crippen MR) is 348 cm³/mol. The molecule has 28 aliphatic rings. The Morgan fingerprint density at radius 2 is 0.856 bits per heavy atom. The lowest BCUT2D eigenvalue weighted by Crippen LogP contribution is -2.73. The fourth-order valence-corrected chi connectivity index (χ4v) is 30.5. The molecule has 596 valence electrons. The van der Waals surface area contributed by atoms with E-state index in [0.29, 0.717) is 36.8 Å². The van der Waals surface area contributed by atoms with E-state index in [4.69, 9.17) is 75.8 Å². The van der Waals surface area contributed by atoms with Crippen molar-refractivity contribution < 1.29 is 146 Å². The minimum absolute atomic E-state index is 0.000557. The fourth-order valence-electron chi connectivity index (χ4n) is 30.5. The average Bonchev–Trinajstić information content (AvgIpc) is 1.43. The molecular weight excluding hydrogens is 1470 g/mol. The predicted octanol–water partition coefficient (Wildman–Crippen LogP) is 4.74. The molecule has 28 rings (SSSR count). The Kier molecular flexibility index (Phi) is 11.5. The highest BCUT2D eigenvalue weighted by molar-refractivity contribution is 6.20. The maximum atomic E-state index is 16.0. The van der Waals surface area contributed by atoms with Crippen molar-refractivity contribution in [1.82, 2.24) is 0 Å². The van der Waals surface area contributed by atoms with E-state index in [0.717, 1.165) is 11.1 Å². The molecule has 0 aromatic heterocycles. The Morgan fingerprint density at radius 1 is 0.396 bits per heavy atom. The van der Waals surface area contributed by atoms with Crippen molar-refractivity contribution in [2.24, 2.45) is 69.0 Å². The lowest BCUT2D eigenvalue weighted by atomic mass is 9.46. The van der Waals surface area contributed by atoms with E-state index < -0.39 is 209 Å². The van der Waals surface area contributed by atoms with Crippen molar-refractivity contribution in [1.29, 1.82) is 0 Å². The standard InChI is InChI=1S/C20H20F4O5.C20H20F2O6.C20H24O7.C20H20O7/c1-7(2)17-12(28-17)13-19(29-13)15(3)6-16(21,22)11-8(5-26-14(11)25)9(15)4-10-18(19,27-10)20(17,23)24;1-7(2)18-12(27-18)13-20(28-13)16(3)6-17(21,22)11-8(5-25-14(11)23)9(16)4-10-19(20,26-10)15(18)24;2*1-7(2)18-13(26-18)14-20(27-14)17(3)5-10(21)12-8(6-24-15(12)22)9(17)4-11-19(20,25-11)16(18)23/h7,9-10,12-13H,4-6H2,1-3H3;7,9-10,12-13H,4-6H2,1-3H3;7,9-11,13-14,16,21,23H,4-6H2,1-3H3;7,9,11,13-14H,4-6H2,1-3H3/t9-,10-,12-,13-,15-,17-,18-,19+;9-,10-,12-,13-,16-,18-,19+,20+;9-,10-,11-,13-,14-,16+,17-,18-,19+,20+;9-,11-,13-,14-,17-,18-,19+,20+/m0000/s1. The number of ether oxygens (including phenoxy) is 16. The zero-order valence-electron chi connectivity index (χ0n) is 62.7. The number of carbonyl (C=O) groups excluding carboxylic acids is 7. The highest BCUT2D eigenvalue weighted by atomic mass is 19.3. The topological polar surface area (TPSA) is 347 Å². The molecule has 34 atom stereocenters. The van der Waals surface area contributed by atoms with Crippen molar-refractivity contribution in [2.45, 2.75) is 305 Å². The smallest absolute Gasteiger partial charge is 0.342 e. The van der Waals surface area contributed by atoms with Gasteiger partial charge in [0.2, 0.25) is 11.6 Å². The molecule has 0 radical (unpaired) electrons. The number of halogens is 6. The van der Waals surface area contributed by atoms with Gasteiger partial charge in [0, 0.05) is 40.9 Å². The molecule has 0 bridgehead atoms. The van der Waals surface area contributed by atoms with Crippen LogP contribution in [0.5, 0.6) is 0 Å². The molecule has 111 heavy (non-hydrogen) atoms. The van der Waals surface area contributed by atoms with Gasteiger partial charge in [-0.2, -0.15) is 8.78 Å². The number of aliphatic hydroxyl groups excluding tert-OH is 2. The largest absolute Gasteiger partial charge is 0.458 e. The first kappa shape index (κ1) is 69.0. The molecule has 0 aromatic rings. The van der Waals surface area contributed by atoms with Gasteiger partial charge in [0.1, 0.15) is 126 Å². The minimum atomic E-state index is -3.46. The number of hydrogen-bond donors (Lipinski definition) is 2. The van der Waals surface area contributed by atoms with Crippen LogP contribution in [0, 0.1) is 69.0 Å². The second-order valence-electron chi connectivity index (χ2n) is 40.0. The highest BCUT2D eigenvalue weighted by Gasteiger charge is 3.09. The number of alkyl halides is 6. The van der Waals surface area contributed by atoms with Crippen molar-refractivity contribution in [2.75, 3.05) is 26.4 Å². The monoisotopic (exact) mass is 1560 g/mol. The zero-order valence-corrected chi connectivity index (χ0v) is 62.7. The lowest BCUT2D eigenvalue weighted by Gasteiger charge is -2.54. The van der Waals surface area contributed by atoms with E-state index >= 15 is 26.3 Å². The van der Waals surface area contributed by atoms with Gasteiger partial charge in [0.15, 0.2) is 45.0 Å². The van der Waals surface area contributed by atoms with Crippen LogP contribution < -0.4 is 0 Å². The molecule has 0 amide bonds. The summed E-state index contributed by atoms with van der Waals surface area (Å²) in [6.45, 7) is 22.9. The summed E-state index contributed by atoms with van der Waals surface area (Å²) in [5.74, 6) is -14.5. The van der Waals surface area contributed by atoms with Gasteiger partial charge in [-0.15, -0.1) is 0 Å². The number of rotatable bonds is 4. The summed E-state index contributed by atoms with van der Waals surface area (Å²) in [5.41, 5.74) is -14.6. The van der Waals surface area contributed by atoms with Crippen LogP contribution in [0.3, 0.4) is 0 Å². The van der Waals surface area contributed by atoms with Gasteiger partial charge in [0.25, 0.3) is 11.8 Å². The Bertz CT molecular complexity index is 4860. The Morgan fingerprint density at radius 3 is 1.41 bits per heavy atom. The van der Waals surface area contributed by atoms with E-state index in [2.05, 4.69) is 20.8 Å². The summed E-state index contributed by atoms with van der Waals surface area (Å²) in [7, 11) is 0. The number of cyclic esters (lactones) is 4. The van der Waals surface area contributed by atoms with Crippen LogP contribution in [0.25, 0.3) is 0 Å². The van der Waals surface area contributed by atoms with E-state index in [1.807, 2.05) is 34.6 Å². The number of ketones is 3. The number of aliphatic hydroxyl groups is 2. The van der Waals surface area contributed by atoms with Crippen molar-refractivity contribution in [3.8, 4) is 0 Å². The Labute approximate surface area is 629 Å². The number of fused-ring (bicyclic) bond motifs is 16. The third-order valence-electron chi connectivity index (χ3n) is 35.5. The molecule has 16 heterocycles. The maximum absolute atomic E-state index is 16.0. The molecule has 25 nitrogen and oxygen atoms in total. The first-order valence-corrected chi connectivity index (χ1v) is 39.9. The second-order valence-corrected chi connectivity index (χ2v) is 40.0. The summed E-state index contributed by atoms with van der Waals surface area (Å²) in [6, 6.07) is 0. The van der Waals surface area contributed by atoms with Crippen LogP contribution >= 0.6 is 0 Å². The van der Waals surface area contributed by atoms with Gasteiger partial charge in [-0.1, -0.05) is 83.1 Å². The SMILES string of the molecule is CC(C)[C@]12O[C@H]1[C@@H]1O[C@@]13[C@@]1(C)CC(=O)C4=C(COC4=O)[C@@H]1C[C@@H]1O[C@@]13C2=O.CC(C)[C@]12O[C@H]1[C@@H]1O[C@@]13[C@@]1(C)CC(F)(F)C4=C(COC4=O)[C@@H]1C[C@@H]1O[C@@]13C2(F)F.CC(C)[C@]12O[C@H]1[C@@H]1O[C@@]13[C@@]1(C)CC(F)(F)C4=C(COC4=O)[C@@H]1C[C@@H]1O[C@@]13C2=O.CC(C)[C@]12O[C@H]1[C@@H]1O[C@]13[C@]1(O[C@H]1C[C@H]1C4=C(C(=O)OC4)[C@@H](O)C[C@@]13C)[C@@H]2O. The van der Waals surface area contributed by atoms with Gasteiger partial charge < -0.3 is 86.0 Å². The molecule has 8 saturated carbocycles. The molecule has 0 aromatic carbocycles. The summed E-state index contributed by atoms with van der Waals surface area (Å²) >= 11 is 0. The molecule has 8 spiro atoms. The number of carbonyl (C=O) groups is 7. The van der Waals surface area contributed by atoms with Crippen LogP contribution in [0.2, 0.25) is 0 Å². The minimum Gasteiger partial charge on any atom is -0.458 e. The van der Waals surface area contributed by atoms with Crippen LogP contribution in [-0.4, -0.2) is 248 Å². The fraction of sp³-hybridized carbons (Fsp3) is 0.812. The van der Waals surface area contributed by atoms with Crippen LogP contribution in [-0.2, 0) is 109 Å². The molecule has 12 aliphatic carbocycles. The zero-order chi connectivity index (χ0) is 77.7. The summed E-state index contributed by atoms with van der Waals surface area (Å²) in [4.78, 5) is 88.3. The van der Waals surface area contributed by atoms with Gasteiger partial charge in [-0.25, -0.2) is 36.7 Å². The van der Waals surface area contributed by atoms with Crippen molar-refractivity contribution in [3.63, 3.8) is 0 Å². The second kappa shape index (κ2) is 18.4. The Balaban J connectivity index is 0.0000000842. The first-order valence-electron chi connectivity index (χ1n) is 39.9. The summed E-state index contributed by atoms with van der Waals surface area (Å²) < 4.78 is 186. The molecule has 31 heteroatoms. The van der Waals surface area contributed by atoms with Gasteiger partial charge in [-0.3, -0.25) is 14.4 Å². The van der Waals surface area contributed by atoms with E-state index in [9.17, 15) is 43.8 Å². The average molecular weight is 1560 g/mol. The summed E-state index contributed by atoms with van der Waals surface area (Å²) in [5, 5.41) is 22.3. The van der Waals surface area contributed by atoms with E-state index in [-0.39, 0.29) is 146 Å². The molecule has 2 N–H and O–H groups in total. The third-order valence-corrected chi connectivity index (χ3v) is 35.5. The van der Waals surface area contributed by atoms with Crippen LogP contribution in [0.4, 0.5) is 26.3 Å².